The highest BCUT2D eigenvalue weighted by atomic mass is 35.6. The van der Waals surface area contributed by atoms with E-state index in [1.165, 1.54) is 0 Å². The summed E-state index contributed by atoms with van der Waals surface area (Å²) in [6, 6.07) is 17.9. The van der Waals surface area contributed by atoms with Gasteiger partial charge in [-0.3, -0.25) is 0 Å². The first-order valence-electron chi connectivity index (χ1n) is 9.11. The van der Waals surface area contributed by atoms with Crippen LogP contribution in [0.15, 0.2) is 83.0 Å². The third kappa shape index (κ3) is 5.34. The fourth-order valence-electron chi connectivity index (χ4n) is 3.35. The van der Waals surface area contributed by atoms with Crippen molar-refractivity contribution in [3.05, 3.63) is 94.1 Å². The van der Waals surface area contributed by atoms with Gasteiger partial charge in [0.05, 0.1) is 9.81 Å². The maximum absolute atomic E-state index is 13.4. The lowest BCUT2D eigenvalue weighted by atomic mass is 9.77. The van der Waals surface area contributed by atoms with Crippen LogP contribution >= 0.6 is 69.6 Å². The molecule has 2 aromatic rings. The van der Waals surface area contributed by atoms with Gasteiger partial charge in [-0.2, -0.15) is 0 Å². The fraction of sp³-hybridized carbons (Fsp3) is 0.182. The van der Waals surface area contributed by atoms with Crippen molar-refractivity contribution in [2.75, 3.05) is 0 Å². The first-order chi connectivity index (χ1) is 14.9. The Morgan fingerprint density at radius 2 is 0.875 bits per heavy atom. The molecule has 0 saturated carbocycles. The first kappa shape index (κ1) is 26.3. The van der Waals surface area contributed by atoms with Crippen LogP contribution in [0.1, 0.15) is 25.0 Å². The Kier molecular flexibility index (Phi) is 8.33. The van der Waals surface area contributed by atoms with Crippen LogP contribution in [-0.2, 0) is 21.6 Å². The van der Waals surface area contributed by atoms with Crippen LogP contribution in [0.2, 0.25) is 0 Å². The molecule has 2 atom stereocenters. The zero-order valence-electron chi connectivity index (χ0n) is 16.7. The molecule has 0 aromatic heterocycles. The number of allylic oxidation sites excluding steroid dienone is 4. The molecule has 1 aliphatic rings. The quantitative estimate of drug-likeness (QED) is 0.337. The van der Waals surface area contributed by atoms with Gasteiger partial charge in [-0.05, 0) is 36.1 Å². The van der Waals surface area contributed by atoms with Crippen LogP contribution < -0.4 is 0 Å². The monoisotopic (exact) mass is 586 g/mol. The maximum atomic E-state index is 13.4. The van der Waals surface area contributed by atoms with E-state index in [9.17, 15) is 8.42 Å². The van der Waals surface area contributed by atoms with Crippen molar-refractivity contribution in [2.24, 2.45) is 0 Å². The van der Waals surface area contributed by atoms with Gasteiger partial charge in [0.25, 0.3) is 6.25 Å². The van der Waals surface area contributed by atoms with Crippen molar-refractivity contribution in [1.29, 1.82) is 0 Å². The Labute approximate surface area is 222 Å². The van der Waals surface area contributed by atoms with Gasteiger partial charge in [-0.25, -0.2) is 8.42 Å². The molecule has 0 amide bonds. The molecule has 10 heteroatoms. The normalized spacial score (nSPS) is 19.9. The molecule has 170 valence electrons. The van der Waals surface area contributed by atoms with Crippen LogP contribution in [0.4, 0.5) is 0 Å². The summed E-state index contributed by atoms with van der Waals surface area (Å²) >= 11 is 36.3. The lowest BCUT2D eigenvalue weighted by molar-refractivity contribution is 0.688. The molecular formula is C22H16Cl6O2S2. The number of benzene rings is 2. The molecule has 1 aliphatic carbocycles. The second-order valence-corrected chi connectivity index (χ2v) is 15.8. The molecule has 0 aliphatic heterocycles. The molecule has 2 nitrogen and oxygen atoms in total. The summed E-state index contributed by atoms with van der Waals surface area (Å²) in [6.45, 7) is 3.71. The molecule has 32 heavy (non-hydrogen) atoms. The molecule has 0 N–H and O–H groups in total. The van der Waals surface area contributed by atoms with Crippen molar-refractivity contribution in [3.8, 4) is 0 Å². The SMILES string of the molecule is CC1=C(C)C(=C(/c2ccccc2)S(=O)C(Cl)(Cl)Cl)/C1=C(/c1ccccc1)S(=O)C(Cl)(Cl)Cl. The summed E-state index contributed by atoms with van der Waals surface area (Å²) in [5.41, 5.74) is 3.94. The van der Waals surface area contributed by atoms with Crippen molar-refractivity contribution >= 4 is 101 Å². The highest BCUT2D eigenvalue weighted by Crippen LogP contribution is 2.53. The Morgan fingerprint density at radius 1 is 0.594 bits per heavy atom. The predicted molar refractivity (Wildman–Crippen MR) is 142 cm³/mol. The Morgan fingerprint density at radius 3 is 1.12 bits per heavy atom. The number of rotatable bonds is 4. The van der Waals surface area contributed by atoms with Crippen LogP contribution in [-0.4, -0.2) is 14.7 Å². The molecule has 3 rings (SSSR count). The summed E-state index contributed by atoms with van der Waals surface area (Å²) in [5, 5.41) is 0. The topological polar surface area (TPSA) is 34.1 Å². The Balaban J connectivity index is 2.47. The van der Waals surface area contributed by atoms with E-state index in [2.05, 4.69) is 0 Å². The van der Waals surface area contributed by atoms with Crippen molar-refractivity contribution in [2.45, 2.75) is 20.1 Å². The van der Waals surface area contributed by atoms with Gasteiger partial charge >= 0.3 is 0 Å². The molecule has 0 bridgehead atoms. The van der Waals surface area contributed by atoms with E-state index in [-0.39, 0.29) is 0 Å². The lowest BCUT2D eigenvalue weighted by Crippen LogP contribution is -2.23. The average molecular weight is 589 g/mol. The number of alkyl halides is 6. The summed E-state index contributed by atoms with van der Waals surface area (Å²) in [4.78, 5) is 0.608. The zero-order chi connectivity index (χ0) is 23.8. The fourth-order valence-corrected chi connectivity index (χ4v) is 6.79. The number of halogens is 6. The van der Waals surface area contributed by atoms with E-state index in [1.54, 1.807) is 48.5 Å². The minimum atomic E-state index is -2.09. The van der Waals surface area contributed by atoms with Gasteiger partial charge in [0.1, 0.15) is 21.6 Å². The van der Waals surface area contributed by atoms with Crippen LogP contribution in [0.3, 0.4) is 0 Å². The number of hydrogen-bond acceptors (Lipinski definition) is 2. The Bertz CT molecular complexity index is 1080. The zero-order valence-corrected chi connectivity index (χ0v) is 22.8. The van der Waals surface area contributed by atoms with Gasteiger partial charge in [-0.15, -0.1) is 0 Å². The molecule has 2 aromatic carbocycles. The van der Waals surface area contributed by atoms with E-state index in [0.29, 0.717) is 32.1 Å². The summed E-state index contributed by atoms with van der Waals surface area (Å²) in [7, 11) is -4.12. The molecule has 0 heterocycles. The van der Waals surface area contributed by atoms with Crippen LogP contribution in [0, 0.1) is 0 Å². The molecule has 2 unspecified atom stereocenters. The Hall–Kier alpha value is -0.300. The molecule has 0 fully saturated rings. The predicted octanol–water partition coefficient (Wildman–Crippen LogP) is 8.31. The van der Waals surface area contributed by atoms with E-state index < -0.39 is 27.8 Å². The van der Waals surface area contributed by atoms with Crippen LogP contribution in [0.5, 0.6) is 0 Å². The van der Waals surface area contributed by atoms with Crippen LogP contribution in [0.25, 0.3) is 9.81 Å². The summed E-state index contributed by atoms with van der Waals surface area (Å²) < 4.78 is 22.6. The smallest absolute Gasteiger partial charge is 0.250 e. The minimum absolute atomic E-state index is 0.304. The highest BCUT2D eigenvalue weighted by Gasteiger charge is 2.42. The standard InChI is InChI=1S/C22H16Cl6O2S2/c1-13-14(2)18(20(32(30)22(26,27)28)16-11-7-4-8-12-16)17(13)19(31(29)21(23,24)25)15-9-5-3-6-10-15/h3-12H,1-2H3/b19-17-,20-18+. The van der Waals surface area contributed by atoms with E-state index in [0.717, 1.165) is 11.1 Å². The summed E-state index contributed by atoms with van der Waals surface area (Å²) in [6.07, 6.45) is 0. The van der Waals surface area contributed by atoms with Gasteiger partial charge in [-0.1, -0.05) is 130 Å². The molecular weight excluding hydrogens is 573 g/mol. The van der Waals surface area contributed by atoms with Gasteiger partial charge in [0, 0.05) is 11.1 Å². The van der Waals surface area contributed by atoms with Gasteiger partial charge < -0.3 is 0 Å². The second-order valence-electron chi connectivity index (χ2n) is 6.82. The van der Waals surface area contributed by atoms with Gasteiger partial charge in [0.15, 0.2) is 0 Å². The van der Waals surface area contributed by atoms with Crippen molar-refractivity contribution in [3.63, 3.8) is 0 Å². The van der Waals surface area contributed by atoms with Crippen molar-refractivity contribution in [1.82, 2.24) is 0 Å². The molecule has 0 spiro atoms. The molecule has 0 radical (unpaired) electrons. The number of hydrogen-bond donors (Lipinski definition) is 0. The largest absolute Gasteiger partial charge is 0.270 e. The van der Waals surface area contributed by atoms with E-state index >= 15 is 0 Å². The summed E-state index contributed by atoms with van der Waals surface area (Å²) in [5.74, 6) is 0. The average Bonchev–Trinajstić information content (AvgIpc) is 2.75. The van der Waals surface area contributed by atoms with E-state index in [4.69, 9.17) is 69.6 Å². The second kappa shape index (κ2) is 10.1. The first-order valence-corrected chi connectivity index (χ1v) is 13.7. The third-order valence-corrected chi connectivity index (χ3v) is 9.86. The minimum Gasteiger partial charge on any atom is -0.250 e. The lowest BCUT2D eigenvalue weighted by Gasteiger charge is -2.33. The van der Waals surface area contributed by atoms with Crippen molar-refractivity contribution < 1.29 is 8.42 Å². The highest BCUT2D eigenvalue weighted by molar-refractivity contribution is 8.00. The third-order valence-electron chi connectivity index (χ3n) is 4.88. The molecule has 0 saturated heterocycles. The van der Waals surface area contributed by atoms with Gasteiger partial charge in [0.2, 0.25) is 0 Å². The maximum Gasteiger partial charge on any atom is 0.270 e. The van der Waals surface area contributed by atoms with E-state index in [1.807, 2.05) is 26.0 Å².